The fourth-order valence-electron chi connectivity index (χ4n) is 3.81. The number of carbonyl (C=O) groups excluding carboxylic acids is 1. The Labute approximate surface area is 185 Å². The molecule has 0 radical (unpaired) electrons. The molecule has 0 fully saturated rings. The van der Waals surface area contributed by atoms with Crippen LogP contribution >= 0.6 is 11.7 Å². The van der Waals surface area contributed by atoms with E-state index in [4.69, 9.17) is 4.74 Å². The van der Waals surface area contributed by atoms with Gasteiger partial charge in [0.25, 0.3) is 11.5 Å². The number of nitro groups is 1. The Balaban J connectivity index is 1.67. The number of rotatable bonds is 5. The lowest BCUT2D eigenvalue weighted by atomic mass is 9.88. The summed E-state index contributed by atoms with van der Waals surface area (Å²) in [5, 5.41) is 22.6. The van der Waals surface area contributed by atoms with Crippen LogP contribution in [0.1, 0.15) is 16.7 Å². The van der Waals surface area contributed by atoms with Gasteiger partial charge in [0.05, 0.1) is 22.2 Å². The van der Waals surface area contributed by atoms with Gasteiger partial charge in [-0.2, -0.15) is 8.75 Å². The van der Waals surface area contributed by atoms with E-state index in [0.717, 1.165) is 11.7 Å². The summed E-state index contributed by atoms with van der Waals surface area (Å²) in [6, 6.07) is 19.9. The van der Waals surface area contributed by atoms with Gasteiger partial charge in [-0.05, 0) is 23.3 Å². The highest BCUT2D eigenvalue weighted by atomic mass is 32.1. The first kappa shape index (κ1) is 20.0. The van der Waals surface area contributed by atoms with E-state index in [1.807, 2.05) is 0 Å². The molecular weight excluding hydrogens is 430 g/mol. The van der Waals surface area contributed by atoms with E-state index in [1.165, 1.54) is 12.1 Å². The second kappa shape index (κ2) is 7.63. The number of benzene rings is 3. The Bertz CT molecular complexity index is 1380. The average Bonchev–Trinajstić information content (AvgIpc) is 3.37. The SMILES string of the molecule is O=C1OC(O)(c2ccccc2)C(Cc2ccc([N+](=O)[O-])cc2)=C1c1ccc2nsnc2c1. The highest BCUT2D eigenvalue weighted by Crippen LogP contribution is 2.44. The van der Waals surface area contributed by atoms with Crippen LogP contribution in [0.2, 0.25) is 0 Å². The minimum Gasteiger partial charge on any atom is -0.421 e. The molecular formula is C23H15N3O5S. The van der Waals surface area contributed by atoms with Crippen LogP contribution in [-0.4, -0.2) is 24.7 Å². The molecule has 5 rings (SSSR count). The molecule has 1 aromatic heterocycles. The number of cyclic esters (lactones) is 1. The molecule has 1 aliphatic heterocycles. The van der Waals surface area contributed by atoms with Crippen molar-refractivity contribution in [2.45, 2.75) is 12.2 Å². The summed E-state index contributed by atoms with van der Waals surface area (Å²) >= 11 is 1.07. The number of esters is 1. The van der Waals surface area contributed by atoms with E-state index in [0.29, 0.717) is 33.3 Å². The first-order valence-corrected chi connectivity index (χ1v) is 10.4. The Morgan fingerprint density at radius 1 is 1.00 bits per heavy atom. The van der Waals surface area contributed by atoms with E-state index in [2.05, 4.69) is 8.75 Å². The highest BCUT2D eigenvalue weighted by molar-refractivity contribution is 7.00. The summed E-state index contributed by atoms with van der Waals surface area (Å²) in [7, 11) is 0. The molecule has 0 saturated carbocycles. The molecule has 3 aromatic carbocycles. The maximum atomic E-state index is 13.0. The van der Waals surface area contributed by atoms with E-state index in [9.17, 15) is 20.0 Å². The fourth-order valence-corrected chi connectivity index (χ4v) is 4.33. The lowest BCUT2D eigenvalue weighted by Crippen LogP contribution is -2.29. The number of hydrogen-bond acceptors (Lipinski definition) is 8. The lowest BCUT2D eigenvalue weighted by Gasteiger charge is -2.25. The van der Waals surface area contributed by atoms with Crippen LogP contribution < -0.4 is 0 Å². The van der Waals surface area contributed by atoms with Crippen LogP contribution in [0, 0.1) is 10.1 Å². The summed E-state index contributed by atoms with van der Waals surface area (Å²) in [5.41, 5.74) is 3.55. The van der Waals surface area contributed by atoms with E-state index in [1.54, 1.807) is 60.7 Å². The van der Waals surface area contributed by atoms with Crippen molar-refractivity contribution < 1.29 is 19.6 Å². The van der Waals surface area contributed by atoms with Gasteiger partial charge in [0.2, 0.25) is 0 Å². The van der Waals surface area contributed by atoms with Gasteiger partial charge in [0.1, 0.15) is 11.0 Å². The van der Waals surface area contributed by atoms with Crippen molar-refractivity contribution in [2.75, 3.05) is 0 Å². The van der Waals surface area contributed by atoms with Gasteiger partial charge in [0.15, 0.2) is 0 Å². The molecule has 1 atom stereocenters. The number of hydrogen-bond donors (Lipinski definition) is 1. The molecule has 0 bridgehead atoms. The molecule has 8 nitrogen and oxygen atoms in total. The third-order valence-electron chi connectivity index (χ3n) is 5.39. The van der Waals surface area contributed by atoms with Crippen LogP contribution in [0.4, 0.5) is 5.69 Å². The zero-order valence-electron chi connectivity index (χ0n) is 16.5. The van der Waals surface area contributed by atoms with Crippen molar-refractivity contribution in [2.24, 2.45) is 0 Å². The maximum absolute atomic E-state index is 13.0. The fraction of sp³-hybridized carbons (Fsp3) is 0.0870. The van der Waals surface area contributed by atoms with Gasteiger partial charge >= 0.3 is 5.97 Å². The van der Waals surface area contributed by atoms with Gasteiger partial charge in [-0.25, -0.2) is 4.79 Å². The lowest BCUT2D eigenvalue weighted by molar-refractivity contribution is -0.384. The highest BCUT2D eigenvalue weighted by Gasteiger charge is 2.48. The minimum atomic E-state index is -1.97. The number of nitrogens with zero attached hydrogens (tertiary/aromatic N) is 3. The summed E-state index contributed by atoms with van der Waals surface area (Å²) in [5.74, 6) is -2.62. The van der Waals surface area contributed by atoms with Gasteiger partial charge in [-0.15, -0.1) is 0 Å². The first-order valence-electron chi connectivity index (χ1n) is 9.66. The van der Waals surface area contributed by atoms with Crippen molar-refractivity contribution in [1.82, 2.24) is 8.75 Å². The molecule has 0 amide bonds. The van der Waals surface area contributed by atoms with E-state index in [-0.39, 0.29) is 17.7 Å². The Morgan fingerprint density at radius 2 is 1.72 bits per heavy atom. The van der Waals surface area contributed by atoms with Crippen LogP contribution in [0.5, 0.6) is 0 Å². The predicted octanol–water partition coefficient (Wildman–Crippen LogP) is 4.00. The first-order chi connectivity index (χ1) is 15.5. The smallest absolute Gasteiger partial charge is 0.342 e. The average molecular weight is 445 g/mol. The Kier molecular flexibility index (Phi) is 4.76. The molecule has 158 valence electrons. The molecule has 0 saturated heterocycles. The molecule has 1 aliphatic rings. The molecule has 2 heterocycles. The Morgan fingerprint density at radius 3 is 2.44 bits per heavy atom. The van der Waals surface area contributed by atoms with Crippen LogP contribution in [0.3, 0.4) is 0 Å². The minimum absolute atomic E-state index is 0.0403. The molecule has 9 heteroatoms. The zero-order chi connectivity index (χ0) is 22.3. The normalized spacial score (nSPS) is 18.2. The number of nitro benzene ring substituents is 1. The molecule has 1 unspecified atom stereocenters. The van der Waals surface area contributed by atoms with Crippen LogP contribution in [0.25, 0.3) is 16.6 Å². The van der Waals surface area contributed by atoms with Crippen molar-refractivity contribution in [3.63, 3.8) is 0 Å². The maximum Gasteiger partial charge on any atom is 0.342 e. The number of aliphatic hydroxyl groups is 1. The number of non-ortho nitro benzene ring substituents is 1. The number of carbonyl (C=O) groups is 1. The standard InChI is InChI=1S/C23H15N3O5S/c27-22-21(15-8-11-19-20(13-15)25-32-24-19)18(12-14-6-9-17(10-7-14)26(29)30)23(28,31-22)16-4-2-1-3-5-16/h1-11,13,28H,12H2. The van der Waals surface area contributed by atoms with Crippen molar-refractivity contribution >= 4 is 40.0 Å². The molecule has 0 spiro atoms. The number of aromatic nitrogens is 2. The number of ether oxygens (including phenoxy) is 1. The van der Waals surface area contributed by atoms with Crippen molar-refractivity contribution in [1.29, 1.82) is 0 Å². The van der Waals surface area contributed by atoms with Gasteiger partial charge in [-0.1, -0.05) is 48.5 Å². The molecule has 4 aromatic rings. The van der Waals surface area contributed by atoms with Crippen molar-refractivity contribution in [3.8, 4) is 0 Å². The van der Waals surface area contributed by atoms with Gasteiger partial charge in [-0.3, -0.25) is 10.1 Å². The summed E-state index contributed by atoms with van der Waals surface area (Å²) < 4.78 is 14.0. The molecule has 0 aliphatic carbocycles. The van der Waals surface area contributed by atoms with Gasteiger partial charge < -0.3 is 9.84 Å². The predicted molar refractivity (Wildman–Crippen MR) is 118 cm³/mol. The third-order valence-corrected chi connectivity index (χ3v) is 5.95. The van der Waals surface area contributed by atoms with Crippen molar-refractivity contribution in [3.05, 3.63) is 105 Å². The second-order valence-electron chi connectivity index (χ2n) is 7.32. The Hall–Kier alpha value is -3.95. The monoisotopic (exact) mass is 445 g/mol. The quantitative estimate of drug-likeness (QED) is 0.280. The molecule has 32 heavy (non-hydrogen) atoms. The van der Waals surface area contributed by atoms with E-state index < -0.39 is 16.7 Å². The number of fused-ring (bicyclic) bond motifs is 1. The molecule has 1 N–H and O–H groups in total. The summed E-state index contributed by atoms with van der Waals surface area (Å²) in [4.78, 5) is 23.5. The van der Waals surface area contributed by atoms with Crippen LogP contribution in [-0.2, 0) is 21.7 Å². The van der Waals surface area contributed by atoms with Crippen LogP contribution in [0.15, 0.2) is 78.4 Å². The summed E-state index contributed by atoms with van der Waals surface area (Å²) in [6.07, 6.45) is 0.151. The largest absolute Gasteiger partial charge is 0.421 e. The summed E-state index contributed by atoms with van der Waals surface area (Å²) in [6.45, 7) is 0. The second-order valence-corrected chi connectivity index (χ2v) is 7.85. The topological polar surface area (TPSA) is 115 Å². The zero-order valence-corrected chi connectivity index (χ0v) is 17.3. The van der Waals surface area contributed by atoms with Gasteiger partial charge in [0, 0.05) is 29.7 Å². The third kappa shape index (κ3) is 3.33. The van der Waals surface area contributed by atoms with E-state index >= 15 is 0 Å².